The molecule has 2 rings (SSSR count). The average molecular weight is 300 g/mol. The van der Waals surface area contributed by atoms with Crippen LogP contribution in [0.1, 0.15) is 11.1 Å². The summed E-state index contributed by atoms with van der Waals surface area (Å²) in [6.07, 6.45) is 3.01. The van der Waals surface area contributed by atoms with Gasteiger partial charge in [0.1, 0.15) is 11.6 Å². The summed E-state index contributed by atoms with van der Waals surface area (Å²) in [4.78, 5) is 11.7. The number of carbonyl (C=O) groups is 1. The van der Waals surface area contributed by atoms with Crippen molar-refractivity contribution in [3.63, 3.8) is 0 Å². The van der Waals surface area contributed by atoms with E-state index in [1.54, 1.807) is 42.5 Å². The fourth-order valence-corrected chi connectivity index (χ4v) is 1.91. The SMILES string of the molecule is COc1ccc(/C=C\C(=O)NCc2ccccc2F)cc1N. The second-order valence-corrected chi connectivity index (χ2v) is 4.64. The zero-order valence-electron chi connectivity index (χ0n) is 12.2. The lowest BCUT2D eigenvalue weighted by atomic mass is 10.1. The molecule has 0 saturated carbocycles. The van der Waals surface area contributed by atoms with Gasteiger partial charge in [0, 0.05) is 18.2 Å². The van der Waals surface area contributed by atoms with Crippen LogP contribution >= 0.6 is 0 Å². The molecule has 5 heteroatoms. The number of halogens is 1. The largest absolute Gasteiger partial charge is 0.495 e. The van der Waals surface area contributed by atoms with Gasteiger partial charge in [0.05, 0.1) is 12.8 Å². The first-order valence-corrected chi connectivity index (χ1v) is 6.73. The Bertz CT molecular complexity index is 699. The molecule has 2 aromatic rings. The molecule has 3 N–H and O–H groups in total. The molecule has 0 heterocycles. The van der Waals surface area contributed by atoms with Crippen molar-refractivity contribution in [1.29, 1.82) is 0 Å². The van der Waals surface area contributed by atoms with E-state index in [2.05, 4.69) is 5.32 Å². The van der Waals surface area contributed by atoms with Crippen molar-refractivity contribution in [3.8, 4) is 5.75 Å². The monoisotopic (exact) mass is 300 g/mol. The van der Waals surface area contributed by atoms with Gasteiger partial charge in [0.25, 0.3) is 0 Å². The first-order chi connectivity index (χ1) is 10.6. The molecule has 1 amide bonds. The van der Waals surface area contributed by atoms with Crippen molar-refractivity contribution in [1.82, 2.24) is 5.32 Å². The van der Waals surface area contributed by atoms with E-state index in [4.69, 9.17) is 10.5 Å². The summed E-state index contributed by atoms with van der Waals surface area (Å²) in [7, 11) is 1.54. The van der Waals surface area contributed by atoms with Crippen LogP contribution in [0.4, 0.5) is 10.1 Å². The van der Waals surface area contributed by atoms with E-state index in [9.17, 15) is 9.18 Å². The molecule has 0 bridgehead atoms. The summed E-state index contributed by atoms with van der Waals surface area (Å²) in [5.41, 5.74) is 7.50. The maximum atomic E-state index is 13.4. The van der Waals surface area contributed by atoms with E-state index in [1.165, 1.54) is 19.3 Å². The third kappa shape index (κ3) is 4.09. The number of methoxy groups -OCH3 is 1. The van der Waals surface area contributed by atoms with Gasteiger partial charge in [0.2, 0.25) is 5.91 Å². The van der Waals surface area contributed by atoms with Crippen LogP contribution < -0.4 is 15.8 Å². The van der Waals surface area contributed by atoms with Gasteiger partial charge in [-0.3, -0.25) is 4.79 Å². The molecule has 0 atom stereocenters. The van der Waals surface area contributed by atoms with Crippen LogP contribution in [0.3, 0.4) is 0 Å². The highest BCUT2D eigenvalue weighted by molar-refractivity contribution is 5.91. The Morgan fingerprint density at radius 2 is 2.09 bits per heavy atom. The Labute approximate surface area is 128 Å². The fourth-order valence-electron chi connectivity index (χ4n) is 1.91. The summed E-state index contributed by atoms with van der Waals surface area (Å²) in [5.74, 6) is -0.0616. The Morgan fingerprint density at radius 1 is 1.32 bits per heavy atom. The Balaban J connectivity index is 1.94. The second-order valence-electron chi connectivity index (χ2n) is 4.64. The van der Waals surface area contributed by atoms with Crippen molar-refractivity contribution in [2.24, 2.45) is 0 Å². The van der Waals surface area contributed by atoms with Gasteiger partial charge in [-0.15, -0.1) is 0 Å². The smallest absolute Gasteiger partial charge is 0.244 e. The standard InChI is InChI=1S/C17H17FN2O2/c1-22-16-8-6-12(10-15(16)19)7-9-17(21)20-11-13-4-2-3-5-14(13)18/h2-10H,11,19H2,1H3,(H,20,21)/b9-7-. The van der Waals surface area contributed by atoms with E-state index < -0.39 is 0 Å². The Hall–Kier alpha value is -2.82. The van der Waals surface area contributed by atoms with Crippen LogP contribution in [-0.2, 0) is 11.3 Å². The third-order valence-electron chi connectivity index (χ3n) is 3.09. The molecule has 0 unspecified atom stereocenters. The number of nitrogens with one attached hydrogen (secondary N) is 1. The number of benzene rings is 2. The van der Waals surface area contributed by atoms with E-state index >= 15 is 0 Å². The van der Waals surface area contributed by atoms with Gasteiger partial charge in [-0.2, -0.15) is 0 Å². The number of hydrogen-bond acceptors (Lipinski definition) is 3. The first kappa shape index (κ1) is 15.6. The third-order valence-corrected chi connectivity index (χ3v) is 3.09. The van der Waals surface area contributed by atoms with Crippen LogP contribution in [-0.4, -0.2) is 13.0 Å². The van der Waals surface area contributed by atoms with Crippen molar-refractivity contribution in [2.75, 3.05) is 12.8 Å². The molecule has 0 fully saturated rings. The highest BCUT2D eigenvalue weighted by atomic mass is 19.1. The molecule has 114 valence electrons. The van der Waals surface area contributed by atoms with Crippen LogP contribution in [0, 0.1) is 5.82 Å². The minimum Gasteiger partial charge on any atom is -0.495 e. The average Bonchev–Trinajstić information content (AvgIpc) is 2.52. The van der Waals surface area contributed by atoms with E-state index in [1.807, 2.05) is 0 Å². The van der Waals surface area contributed by atoms with Crippen LogP contribution in [0.5, 0.6) is 5.75 Å². The predicted molar refractivity (Wildman–Crippen MR) is 84.7 cm³/mol. The van der Waals surface area contributed by atoms with Gasteiger partial charge in [-0.05, 0) is 29.8 Å². The molecule has 22 heavy (non-hydrogen) atoms. The summed E-state index contributed by atoms with van der Waals surface area (Å²) in [5, 5.41) is 2.63. The van der Waals surface area contributed by atoms with Gasteiger partial charge in [0.15, 0.2) is 0 Å². The van der Waals surface area contributed by atoms with Gasteiger partial charge in [-0.25, -0.2) is 4.39 Å². The lowest BCUT2D eigenvalue weighted by Gasteiger charge is -2.05. The summed E-state index contributed by atoms with van der Waals surface area (Å²) in [6.45, 7) is 0.139. The Morgan fingerprint density at radius 3 is 2.77 bits per heavy atom. The number of anilines is 1. The van der Waals surface area contributed by atoms with E-state index in [0.29, 0.717) is 17.0 Å². The molecule has 0 aliphatic heterocycles. The fraction of sp³-hybridized carbons (Fsp3) is 0.118. The number of amides is 1. The maximum absolute atomic E-state index is 13.4. The highest BCUT2D eigenvalue weighted by Gasteiger charge is 2.02. The molecule has 0 aliphatic rings. The predicted octanol–water partition coefficient (Wildman–Crippen LogP) is 2.75. The number of carbonyl (C=O) groups excluding carboxylic acids is 1. The van der Waals surface area contributed by atoms with Crippen molar-refractivity contribution < 1.29 is 13.9 Å². The number of nitrogens with two attached hydrogens (primary N) is 1. The molecule has 0 aromatic heterocycles. The zero-order valence-corrected chi connectivity index (χ0v) is 12.2. The van der Waals surface area contributed by atoms with Gasteiger partial charge >= 0.3 is 0 Å². The zero-order chi connectivity index (χ0) is 15.9. The normalized spacial score (nSPS) is 10.6. The molecule has 0 radical (unpaired) electrons. The second kappa shape index (κ2) is 7.26. The first-order valence-electron chi connectivity index (χ1n) is 6.73. The minimum atomic E-state index is -0.338. The van der Waals surface area contributed by atoms with Crippen LogP contribution in [0.25, 0.3) is 6.08 Å². The van der Waals surface area contributed by atoms with E-state index in [-0.39, 0.29) is 18.3 Å². The molecular weight excluding hydrogens is 283 g/mol. The van der Waals surface area contributed by atoms with Crippen molar-refractivity contribution >= 4 is 17.7 Å². The quantitative estimate of drug-likeness (QED) is 0.659. The van der Waals surface area contributed by atoms with E-state index in [0.717, 1.165) is 5.56 Å². The molecule has 2 aromatic carbocycles. The molecular formula is C17H17FN2O2. The minimum absolute atomic E-state index is 0.139. The summed E-state index contributed by atoms with van der Waals surface area (Å²) in [6, 6.07) is 11.5. The molecule has 0 spiro atoms. The molecule has 0 saturated heterocycles. The maximum Gasteiger partial charge on any atom is 0.244 e. The lowest BCUT2D eigenvalue weighted by Crippen LogP contribution is -2.20. The topological polar surface area (TPSA) is 64.3 Å². The lowest BCUT2D eigenvalue weighted by molar-refractivity contribution is -0.116. The number of rotatable bonds is 5. The number of hydrogen-bond donors (Lipinski definition) is 2. The Kier molecular flexibility index (Phi) is 5.14. The van der Waals surface area contributed by atoms with Gasteiger partial charge < -0.3 is 15.8 Å². The highest BCUT2D eigenvalue weighted by Crippen LogP contribution is 2.22. The molecule has 0 aliphatic carbocycles. The molecule has 4 nitrogen and oxygen atoms in total. The summed E-state index contributed by atoms with van der Waals surface area (Å²) >= 11 is 0. The van der Waals surface area contributed by atoms with Crippen LogP contribution in [0.2, 0.25) is 0 Å². The van der Waals surface area contributed by atoms with Crippen molar-refractivity contribution in [2.45, 2.75) is 6.54 Å². The van der Waals surface area contributed by atoms with Gasteiger partial charge in [-0.1, -0.05) is 24.3 Å². The number of nitrogen functional groups attached to an aromatic ring is 1. The van der Waals surface area contributed by atoms with Crippen molar-refractivity contribution in [3.05, 3.63) is 65.5 Å². The van der Waals surface area contributed by atoms with Crippen LogP contribution in [0.15, 0.2) is 48.5 Å². The number of ether oxygens (including phenoxy) is 1. The summed E-state index contributed by atoms with van der Waals surface area (Å²) < 4.78 is 18.5.